The van der Waals surface area contributed by atoms with Crippen LogP contribution in [0.15, 0.2) is 29.2 Å². The van der Waals surface area contributed by atoms with E-state index in [0.29, 0.717) is 13.0 Å². The Morgan fingerprint density at radius 1 is 1.22 bits per heavy atom. The van der Waals surface area contributed by atoms with Crippen LogP contribution in [0.25, 0.3) is 0 Å². The van der Waals surface area contributed by atoms with Crippen molar-refractivity contribution in [2.45, 2.75) is 38.0 Å². The summed E-state index contributed by atoms with van der Waals surface area (Å²) in [5, 5.41) is 0. The molecule has 5 heteroatoms. The van der Waals surface area contributed by atoms with E-state index in [9.17, 15) is 13.2 Å². The molecule has 0 atom stereocenters. The van der Waals surface area contributed by atoms with E-state index >= 15 is 0 Å². The summed E-state index contributed by atoms with van der Waals surface area (Å²) in [6, 6.07) is 6.42. The van der Waals surface area contributed by atoms with Crippen molar-refractivity contribution in [3.63, 3.8) is 0 Å². The van der Waals surface area contributed by atoms with Crippen LogP contribution in [0.5, 0.6) is 0 Å². The van der Waals surface area contributed by atoms with Gasteiger partial charge in [0.2, 0.25) is 10.0 Å². The fourth-order valence-electron chi connectivity index (χ4n) is 1.54. The van der Waals surface area contributed by atoms with Crippen LogP contribution in [0, 0.1) is 0 Å². The molecule has 0 saturated carbocycles. The molecule has 4 nitrogen and oxygen atoms in total. The summed E-state index contributed by atoms with van der Waals surface area (Å²) < 4.78 is 26.3. The van der Waals surface area contributed by atoms with Crippen molar-refractivity contribution < 1.29 is 13.2 Å². The highest BCUT2D eigenvalue weighted by atomic mass is 32.2. The molecule has 0 aliphatic carbocycles. The Bertz CT molecular complexity index is 491. The minimum Gasteiger partial charge on any atom is -0.300 e. The first-order valence-electron chi connectivity index (χ1n) is 6.03. The van der Waals surface area contributed by atoms with E-state index in [0.717, 1.165) is 18.4 Å². The summed E-state index contributed by atoms with van der Waals surface area (Å²) in [6.45, 7) is 3.97. The summed E-state index contributed by atoms with van der Waals surface area (Å²) in [6.07, 6.45) is 2.10. The molecule has 1 N–H and O–H groups in total. The Morgan fingerprint density at radius 2 is 1.83 bits per heavy atom. The van der Waals surface area contributed by atoms with Crippen molar-refractivity contribution in [1.29, 1.82) is 0 Å². The third-order valence-electron chi connectivity index (χ3n) is 2.51. The second-order valence-electron chi connectivity index (χ2n) is 4.27. The first-order valence-corrected chi connectivity index (χ1v) is 7.52. The molecule has 0 unspecified atom stereocenters. The van der Waals surface area contributed by atoms with Gasteiger partial charge < -0.3 is 0 Å². The van der Waals surface area contributed by atoms with Crippen LogP contribution in [0.4, 0.5) is 0 Å². The number of sulfonamides is 1. The smallest absolute Gasteiger partial charge is 0.240 e. The molecule has 0 bridgehead atoms. The van der Waals surface area contributed by atoms with E-state index in [2.05, 4.69) is 4.72 Å². The average molecular weight is 269 g/mol. The standard InChI is InChI=1S/C13H19NO3S/c1-3-4-9-14-18(16,17)13-7-5-12(6-8-13)10-11(2)15/h5-8,14H,3-4,9-10H2,1-2H3. The topological polar surface area (TPSA) is 63.2 Å². The lowest BCUT2D eigenvalue weighted by Gasteiger charge is -2.06. The zero-order chi connectivity index (χ0) is 13.6. The van der Waals surface area contributed by atoms with Gasteiger partial charge in [-0.15, -0.1) is 0 Å². The van der Waals surface area contributed by atoms with Crippen molar-refractivity contribution in [2.24, 2.45) is 0 Å². The summed E-state index contributed by atoms with van der Waals surface area (Å²) in [4.78, 5) is 11.2. The first-order chi connectivity index (χ1) is 8.45. The van der Waals surface area contributed by atoms with Gasteiger partial charge >= 0.3 is 0 Å². The highest BCUT2D eigenvalue weighted by molar-refractivity contribution is 7.89. The van der Waals surface area contributed by atoms with Crippen LogP contribution in [0.2, 0.25) is 0 Å². The number of rotatable bonds is 7. The van der Waals surface area contributed by atoms with E-state index in [4.69, 9.17) is 0 Å². The number of Topliss-reactive ketones (excluding diaryl/α,β-unsaturated/α-hetero) is 1. The van der Waals surface area contributed by atoms with Crippen LogP contribution >= 0.6 is 0 Å². The highest BCUT2D eigenvalue weighted by Crippen LogP contribution is 2.11. The molecule has 0 saturated heterocycles. The SMILES string of the molecule is CCCCNS(=O)(=O)c1ccc(CC(C)=O)cc1. The summed E-state index contributed by atoms with van der Waals surface area (Å²) in [5.74, 6) is 0.0617. The fourth-order valence-corrected chi connectivity index (χ4v) is 2.61. The van der Waals surface area contributed by atoms with Gasteiger partial charge in [0.25, 0.3) is 0 Å². The zero-order valence-corrected chi connectivity index (χ0v) is 11.6. The maximum atomic E-state index is 11.9. The first kappa shape index (κ1) is 14.9. The maximum Gasteiger partial charge on any atom is 0.240 e. The van der Waals surface area contributed by atoms with Crippen molar-refractivity contribution in [2.75, 3.05) is 6.54 Å². The quantitative estimate of drug-likeness (QED) is 0.769. The zero-order valence-electron chi connectivity index (χ0n) is 10.8. The van der Waals surface area contributed by atoms with Crippen LogP contribution in [-0.2, 0) is 21.2 Å². The van der Waals surface area contributed by atoms with Crippen molar-refractivity contribution >= 4 is 15.8 Å². The Balaban J connectivity index is 2.74. The molecular formula is C13H19NO3S. The van der Waals surface area contributed by atoms with Crippen molar-refractivity contribution in [3.8, 4) is 0 Å². The Labute approximate surface area is 108 Å². The van der Waals surface area contributed by atoms with E-state index < -0.39 is 10.0 Å². The number of ketones is 1. The van der Waals surface area contributed by atoms with Crippen molar-refractivity contribution in [1.82, 2.24) is 4.72 Å². The van der Waals surface area contributed by atoms with Gasteiger partial charge in [0, 0.05) is 13.0 Å². The maximum absolute atomic E-state index is 11.9. The molecule has 0 amide bonds. The predicted molar refractivity (Wildman–Crippen MR) is 70.9 cm³/mol. The number of benzene rings is 1. The van der Waals surface area contributed by atoms with E-state index in [-0.39, 0.29) is 10.7 Å². The van der Waals surface area contributed by atoms with Gasteiger partial charge in [-0.25, -0.2) is 13.1 Å². The molecular weight excluding hydrogens is 250 g/mol. The number of nitrogens with one attached hydrogen (secondary N) is 1. The molecule has 100 valence electrons. The van der Waals surface area contributed by atoms with E-state index in [1.807, 2.05) is 6.92 Å². The number of unbranched alkanes of at least 4 members (excludes halogenated alkanes) is 1. The van der Waals surface area contributed by atoms with Gasteiger partial charge in [-0.3, -0.25) is 4.79 Å². The van der Waals surface area contributed by atoms with Gasteiger partial charge in [0.1, 0.15) is 5.78 Å². The molecule has 0 aliphatic rings. The monoisotopic (exact) mass is 269 g/mol. The minimum atomic E-state index is -3.41. The van der Waals surface area contributed by atoms with Gasteiger partial charge in [-0.1, -0.05) is 25.5 Å². The minimum absolute atomic E-state index is 0.0617. The summed E-state index contributed by atoms with van der Waals surface area (Å²) in [7, 11) is -3.41. The van der Waals surface area contributed by atoms with E-state index in [1.54, 1.807) is 12.1 Å². The Kier molecular flexibility index (Phi) is 5.50. The largest absolute Gasteiger partial charge is 0.300 e. The Morgan fingerprint density at radius 3 is 2.33 bits per heavy atom. The summed E-state index contributed by atoms with van der Waals surface area (Å²) >= 11 is 0. The van der Waals surface area contributed by atoms with Crippen LogP contribution in [-0.4, -0.2) is 20.7 Å². The third-order valence-corrected chi connectivity index (χ3v) is 3.99. The molecule has 0 aromatic heterocycles. The molecule has 0 spiro atoms. The number of hydrogen-bond acceptors (Lipinski definition) is 3. The van der Waals surface area contributed by atoms with Gasteiger partial charge in [0.15, 0.2) is 0 Å². The molecule has 1 aromatic rings. The van der Waals surface area contributed by atoms with Gasteiger partial charge in [0.05, 0.1) is 4.90 Å². The Hall–Kier alpha value is -1.20. The average Bonchev–Trinajstić information content (AvgIpc) is 2.29. The van der Waals surface area contributed by atoms with Crippen LogP contribution in [0.3, 0.4) is 0 Å². The van der Waals surface area contributed by atoms with Crippen molar-refractivity contribution in [3.05, 3.63) is 29.8 Å². The molecule has 1 rings (SSSR count). The third kappa shape index (κ3) is 4.58. The highest BCUT2D eigenvalue weighted by Gasteiger charge is 2.12. The van der Waals surface area contributed by atoms with E-state index in [1.165, 1.54) is 19.1 Å². The number of carbonyl (C=O) groups excluding carboxylic acids is 1. The molecule has 0 aliphatic heterocycles. The lowest BCUT2D eigenvalue weighted by atomic mass is 10.1. The fraction of sp³-hybridized carbons (Fsp3) is 0.462. The summed E-state index contributed by atoms with van der Waals surface area (Å²) in [5.41, 5.74) is 0.829. The van der Waals surface area contributed by atoms with Gasteiger partial charge in [-0.05, 0) is 31.0 Å². The second-order valence-corrected chi connectivity index (χ2v) is 6.04. The molecule has 0 fully saturated rings. The molecule has 0 radical (unpaired) electrons. The lowest BCUT2D eigenvalue weighted by molar-refractivity contribution is -0.116. The molecule has 1 aromatic carbocycles. The predicted octanol–water partition coefficient (Wildman–Crippen LogP) is 1.90. The number of carbonyl (C=O) groups is 1. The lowest BCUT2D eigenvalue weighted by Crippen LogP contribution is -2.24. The normalized spacial score (nSPS) is 11.4. The molecule has 18 heavy (non-hydrogen) atoms. The van der Waals surface area contributed by atoms with Crippen LogP contribution < -0.4 is 4.72 Å². The van der Waals surface area contributed by atoms with Crippen LogP contribution in [0.1, 0.15) is 32.3 Å². The second kappa shape index (κ2) is 6.66. The molecule has 0 heterocycles. The number of hydrogen-bond donors (Lipinski definition) is 1. The van der Waals surface area contributed by atoms with Gasteiger partial charge in [-0.2, -0.15) is 0 Å².